The summed E-state index contributed by atoms with van der Waals surface area (Å²) >= 11 is 0. The first kappa shape index (κ1) is 12.6. The van der Waals surface area contributed by atoms with Gasteiger partial charge in [0.2, 0.25) is 0 Å². The van der Waals surface area contributed by atoms with Crippen molar-refractivity contribution in [2.24, 2.45) is 5.41 Å². The fourth-order valence-corrected chi connectivity index (χ4v) is 1.91. The highest BCUT2D eigenvalue weighted by atomic mass is 14.9. The third-order valence-electron chi connectivity index (χ3n) is 3.01. The molecule has 0 spiro atoms. The Bertz CT molecular complexity index is 579. The maximum atomic E-state index is 8.94. The number of fused-ring (bicyclic) bond motifs is 1. The zero-order valence-corrected chi connectivity index (χ0v) is 10.9. The quantitative estimate of drug-likeness (QED) is 0.885. The molecule has 0 aliphatic carbocycles. The normalized spacial score (nSPS) is 11.4. The van der Waals surface area contributed by atoms with E-state index >= 15 is 0 Å². The molecule has 92 valence electrons. The molecule has 0 bridgehead atoms. The predicted molar refractivity (Wildman–Crippen MR) is 75.0 cm³/mol. The van der Waals surface area contributed by atoms with Gasteiger partial charge in [0, 0.05) is 13.1 Å². The molecular formula is C16H18N2. The second kappa shape index (κ2) is 5.20. The van der Waals surface area contributed by atoms with Crippen molar-refractivity contribution in [2.45, 2.75) is 20.4 Å². The number of nitriles is 1. The molecule has 0 unspecified atom stereocenters. The van der Waals surface area contributed by atoms with Gasteiger partial charge in [0.15, 0.2) is 0 Å². The van der Waals surface area contributed by atoms with Crippen LogP contribution in [0.1, 0.15) is 19.4 Å². The van der Waals surface area contributed by atoms with Gasteiger partial charge in [0.05, 0.1) is 11.5 Å². The summed E-state index contributed by atoms with van der Waals surface area (Å²) in [6.45, 7) is 5.40. The Balaban J connectivity index is 2.03. The molecule has 0 saturated carbocycles. The fourth-order valence-electron chi connectivity index (χ4n) is 1.91. The van der Waals surface area contributed by atoms with Crippen LogP contribution in [-0.4, -0.2) is 6.54 Å². The largest absolute Gasteiger partial charge is 0.311 e. The summed E-state index contributed by atoms with van der Waals surface area (Å²) in [4.78, 5) is 0. The molecule has 0 aliphatic rings. The first-order valence-electron chi connectivity index (χ1n) is 6.20. The van der Waals surface area contributed by atoms with E-state index in [0.717, 1.165) is 6.54 Å². The zero-order valence-electron chi connectivity index (χ0n) is 10.9. The molecule has 18 heavy (non-hydrogen) atoms. The standard InChI is InChI=1S/C16H18N2/c1-16(2,11-17)12-18-10-13-7-8-14-5-3-4-6-15(14)9-13/h3-9,18H,10,12H2,1-2H3. The lowest BCUT2D eigenvalue weighted by Crippen LogP contribution is -2.27. The van der Waals surface area contributed by atoms with E-state index in [9.17, 15) is 0 Å². The van der Waals surface area contributed by atoms with Crippen molar-refractivity contribution in [3.8, 4) is 6.07 Å². The smallest absolute Gasteiger partial charge is 0.0697 e. The summed E-state index contributed by atoms with van der Waals surface area (Å²) in [5.74, 6) is 0. The van der Waals surface area contributed by atoms with Crippen LogP contribution in [0.15, 0.2) is 42.5 Å². The minimum absolute atomic E-state index is 0.309. The first-order chi connectivity index (χ1) is 8.61. The summed E-state index contributed by atoms with van der Waals surface area (Å²) in [5, 5.41) is 14.8. The topological polar surface area (TPSA) is 35.8 Å². The maximum absolute atomic E-state index is 8.94. The molecule has 0 radical (unpaired) electrons. The van der Waals surface area contributed by atoms with E-state index < -0.39 is 0 Å². The number of nitrogens with one attached hydrogen (secondary N) is 1. The van der Waals surface area contributed by atoms with Crippen molar-refractivity contribution in [1.29, 1.82) is 5.26 Å². The van der Waals surface area contributed by atoms with E-state index in [-0.39, 0.29) is 5.41 Å². The van der Waals surface area contributed by atoms with Crippen LogP contribution in [0.2, 0.25) is 0 Å². The highest BCUT2D eigenvalue weighted by Gasteiger charge is 2.15. The molecule has 2 nitrogen and oxygen atoms in total. The monoisotopic (exact) mass is 238 g/mol. The number of rotatable bonds is 4. The first-order valence-corrected chi connectivity index (χ1v) is 6.20. The van der Waals surface area contributed by atoms with Gasteiger partial charge in [-0.15, -0.1) is 0 Å². The molecule has 2 heteroatoms. The van der Waals surface area contributed by atoms with Crippen molar-refractivity contribution in [1.82, 2.24) is 5.32 Å². The maximum Gasteiger partial charge on any atom is 0.0697 e. The predicted octanol–water partition coefficient (Wildman–Crippen LogP) is 3.48. The third kappa shape index (κ3) is 3.09. The van der Waals surface area contributed by atoms with E-state index in [1.165, 1.54) is 16.3 Å². The molecule has 0 heterocycles. The molecule has 0 fully saturated rings. The summed E-state index contributed by atoms with van der Waals surface area (Å²) in [6, 6.07) is 17.1. The molecule has 0 aliphatic heterocycles. The highest BCUT2D eigenvalue weighted by molar-refractivity contribution is 5.82. The number of benzene rings is 2. The van der Waals surface area contributed by atoms with Crippen LogP contribution in [0, 0.1) is 16.7 Å². The molecule has 2 aromatic carbocycles. The summed E-state index contributed by atoms with van der Waals surface area (Å²) < 4.78 is 0. The number of nitrogens with zero attached hydrogens (tertiary/aromatic N) is 1. The van der Waals surface area contributed by atoms with E-state index in [1.807, 2.05) is 13.8 Å². The summed E-state index contributed by atoms with van der Waals surface area (Å²) in [5.41, 5.74) is 0.944. The Hall–Kier alpha value is -1.85. The number of hydrogen-bond donors (Lipinski definition) is 1. The SMILES string of the molecule is CC(C)(C#N)CNCc1ccc2ccccc2c1. The lowest BCUT2D eigenvalue weighted by atomic mass is 9.96. The lowest BCUT2D eigenvalue weighted by Gasteiger charge is -2.15. The Morgan fingerprint density at radius 3 is 2.56 bits per heavy atom. The van der Waals surface area contributed by atoms with Gasteiger partial charge in [0.25, 0.3) is 0 Å². The second-order valence-electron chi connectivity index (χ2n) is 5.28. The van der Waals surface area contributed by atoms with Gasteiger partial charge in [-0.05, 0) is 36.2 Å². The van der Waals surface area contributed by atoms with Gasteiger partial charge >= 0.3 is 0 Å². The van der Waals surface area contributed by atoms with Crippen molar-refractivity contribution in [3.05, 3.63) is 48.0 Å². The van der Waals surface area contributed by atoms with E-state index in [4.69, 9.17) is 5.26 Å². The zero-order chi connectivity index (χ0) is 13.0. The van der Waals surface area contributed by atoms with Crippen molar-refractivity contribution in [2.75, 3.05) is 6.54 Å². The van der Waals surface area contributed by atoms with Crippen LogP contribution < -0.4 is 5.32 Å². The van der Waals surface area contributed by atoms with Crippen LogP contribution in [0.25, 0.3) is 10.8 Å². The van der Waals surface area contributed by atoms with E-state index in [1.54, 1.807) is 0 Å². The minimum Gasteiger partial charge on any atom is -0.311 e. The Morgan fingerprint density at radius 2 is 1.83 bits per heavy atom. The third-order valence-corrected chi connectivity index (χ3v) is 3.01. The molecular weight excluding hydrogens is 220 g/mol. The molecule has 0 atom stereocenters. The summed E-state index contributed by atoms with van der Waals surface area (Å²) in [6.07, 6.45) is 0. The molecule has 0 amide bonds. The van der Waals surface area contributed by atoms with E-state index in [0.29, 0.717) is 6.54 Å². The van der Waals surface area contributed by atoms with Crippen molar-refractivity contribution < 1.29 is 0 Å². The Kier molecular flexibility index (Phi) is 3.64. The van der Waals surface area contributed by atoms with Crippen molar-refractivity contribution >= 4 is 10.8 Å². The van der Waals surface area contributed by atoms with Crippen molar-refractivity contribution in [3.63, 3.8) is 0 Å². The Labute approximate surface area is 108 Å². The van der Waals surface area contributed by atoms with E-state index in [2.05, 4.69) is 53.9 Å². The van der Waals surface area contributed by atoms with Gasteiger partial charge in [-0.25, -0.2) is 0 Å². The van der Waals surface area contributed by atoms with Crippen LogP contribution >= 0.6 is 0 Å². The highest BCUT2D eigenvalue weighted by Crippen LogP contribution is 2.16. The fraction of sp³-hybridized carbons (Fsp3) is 0.312. The minimum atomic E-state index is -0.309. The average molecular weight is 238 g/mol. The van der Waals surface area contributed by atoms with Gasteiger partial charge in [-0.2, -0.15) is 5.26 Å². The molecule has 0 aromatic heterocycles. The molecule has 2 rings (SSSR count). The van der Waals surface area contributed by atoms with Gasteiger partial charge in [0.1, 0.15) is 0 Å². The lowest BCUT2D eigenvalue weighted by molar-refractivity contribution is 0.445. The van der Waals surface area contributed by atoms with Gasteiger partial charge in [-0.3, -0.25) is 0 Å². The Morgan fingerprint density at radius 1 is 1.11 bits per heavy atom. The number of hydrogen-bond acceptors (Lipinski definition) is 2. The van der Waals surface area contributed by atoms with Gasteiger partial charge < -0.3 is 5.32 Å². The molecule has 0 saturated heterocycles. The summed E-state index contributed by atoms with van der Waals surface area (Å²) in [7, 11) is 0. The van der Waals surface area contributed by atoms with Crippen LogP contribution in [0.3, 0.4) is 0 Å². The van der Waals surface area contributed by atoms with Crippen LogP contribution in [0.5, 0.6) is 0 Å². The van der Waals surface area contributed by atoms with Gasteiger partial charge in [-0.1, -0.05) is 36.4 Å². The second-order valence-corrected chi connectivity index (χ2v) is 5.28. The molecule has 1 N–H and O–H groups in total. The van der Waals surface area contributed by atoms with Crippen LogP contribution in [-0.2, 0) is 6.54 Å². The molecule has 2 aromatic rings. The average Bonchev–Trinajstić information content (AvgIpc) is 2.38. The van der Waals surface area contributed by atoms with Crippen LogP contribution in [0.4, 0.5) is 0 Å².